The van der Waals surface area contributed by atoms with Crippen LogP contribution in [0.25, 0.3) is 0 Å². The third kappa shape index (κ3) is 4.02. The van der Waals surface area contributed by atoms with Crippen molar-refractivity contribution in [2.45, 2.75) is 6.10 Å². The predicted octanol–water partition coefficient (Wildman–Crippen LogP) is 4.73. The SMILES string of the molecule is NCC(Oc1cc(Cl)cc(Cl)c1)c1cccc(Cl)c1. The van der Waals surface area contributed by atoms with E-state index < -0.39 is 0 Å². The maximum atomic E-state index is 5.96. The fourth-order valence-electron chi connectivity index (χ4n) is 1.72. The fourth-order valence-corrected chi connectivity index (χ4v) is 2.42. The van der Waals surface area contributed by atoms with Crippen LogP contribution in [0.5, 0.6) is 5.75 Å². The number of nitrogens with two attached hydrogens (primary N) is 1. The molecule has 2 aromatic rings. The summed E-state index contributed by atoms with van der Waals surface area (Å²) >= 11 is 17.8. The summed E-state index contributed by atoms with van der Waals surface area (Å²) in [4.78, 5) is 0. The summed E-state index contributed by atoms with van der Waals surface area (Å²) in [6.07, 6.45) is -0.298. The molecule has 0 heterocycles. The highest BCUT2D eigenvalue weighted by atomic mass is 35.5. The van der Waals surface area contributed by atoms with E-state index in [1.54, 1.807) is 24.3 Å². The quantitative estimate of drug-likeness (QED) is 0.885. The summed E-state index contributed by atoms with van der Waals surface area (Å²) in [5, 5.41) is 1.68. The highest BCUT2D eigenvalue weighted by molar-refractivity contribution is 6.34. The van der Waals surface area contributed by atoms with Gasteiger partial charge in [0, 0.05) is 21.6 Å². The third-order valence-corrected chi connectivity index (χ3v) is 3.22. The lowest BCUT2D eigenvalue weighted by Crippen LogP contribution is -2.18. The molecule has 0 radical (unpaired) electrons. The lowest BCUT2D eigenvalue weighted by molar-refractivity contribution is 0.214. The first-order valence-corrected chi connectivity index (χ1v) is 6.80. The second-order valence-corrected chi connectivity index (χ2v) is 5.31. The Kier molecular flexibility index (Phi) is 4.94. The van der Waals surface area contributed by atoms with E-state index in [1.807, 2.05) is 18.2 Å². The lowest BCUT2D eigenvalue weighted by Gasteiger charge is -2.18. The van der Waals surface area contributed by atoms with Gasteiger partial charge in [-0.3, -0.25) is 0 Å². The molecule has 0 bridgehead atoms. The average molecular weight is 317 g/mol. The average Bonchev–Trinajstić information content (AvgIpc) is 2.34. The van der Waals surface area contributed by atoms with Crippen molar-refractivity contribution in [3.63, 3.8) is 0 Å². The molecule has 0 fully saturated rings. The second-order valence-electron chi connectivity index (χ2n) is 4.00. The number of hydrogen-bond donors (Lipinski definition) is 1. The first-order chi connectivity index (χ1) is 9.08. The van der Waals surface area contributed by atoms with Crippen molar-refractivity contribution in [1.29, 1.82) is 0 Å². The normalized spacial score (nSPS) is 12.2. The zero-order valence-electron chi connectivity index (χ0n) is 9.95. The summed E-state index contributed by atoms with van der Waals surface area (Å²) in [5.74, 6) is 0.577. The largest absolute Gasteiger partial charge is 0.484 e. The second kappa shape index (κ2) is 6.49. The molecule has 1 atom stereocenters. The topological polar surface area (TPSA) is 35.2 Å². The molecule has 19 heavy (non-hydrogen) atoms. The molecule has 2 rings (SSSR count). The molecule has 0 saturated heterocycles. The van der Waals surface area contributed by atoms with Crippen LogP contribution in [0.4, 0.5) is 0 Å². The Hall–Kier alpha value is -0.930. The highest BCUT2D eigenvalue weighted by Crippen LogP contribution is 2.28. The zero-order valence-corrected chi connectivity index (χ0v) is 12.2. The van der Waals surface area contributed by atoms with Gasteiger partial charge in [-0.15, -0.1) is 0 Å². The number of benzene rings is 2. The summed E-state index contributed by atoms with van der Waals surface area (Å²) in [7, 11) is 0. The van der Waals surface area contributed by atoms with Crippen molar-refractivity contribution in [3.05, 3.63) is 63.1 Å². The molecule has 100 valence electrons. The van der Waals surface area contributed by atoms with Crippen LogP contribution in [-0.4, -0.2) is 6.54 Å². The molecule has 1 unspecified atom stereocenters. The molecule has 2 nitrogen and oxygen atoms in total. The standard InChI is InChI=1S/C14H12Cl3NO/c15-10-3-1-2-9(4-10)14(8-18)19-13-6-11(16)5-12(17)7-13/h1-7,14H,8,18H2. The van der Waals surface area contributed by atoms with Gasteiger partial charge in [-0.2, -0.15) is 0 Å². The molecule has 0 aliphatic heterocycles. The van der Waals surface area contributed by atoms with E-state index in [9.17, 15) is 0 Å². The molecule has 0 aromatic heterocycles. The van der Waals surface area contributed by atoms with E-state index in [-0.39, 0.29) is 6.10 Å². The number of rotatable bonds is 4. The molecule has 0 saturated carbocycles. The summed E-state index contributed by atoms with van der Waals surface area (Å²) in [6, 6.07) is 12.4. The minimum atomic E-state index is -0.298. The van der Waals surface area contributed by atoms with Gasteiger partial charge in [0.05, 0.1) is 0 Å². The first-order valence-electron chi connectivity index (χ1n) is 5.67. The summed E-state index contributed by atoms with van der Waals surface area (Å²) in [5.41, 5.74) is 6.65. The van der Waals surface area contributed by atoms with E-state index >= 15 is 0 Å². The van der Waals surface area contributed by atoms with Gasteiger partial charge >= 0.3 is 0 Å². The van der Waals surface area contributed by atoms with Crippen LogP contribution in [-0.2, 0) is 0 Å². The predicted molar refractivity (Wildman–Crippen MR) is 80.3 cm³/mol. The van der Waals surface area contributed by atoms with Crippen molar-refractivity contribution in [3.8, 4) is 5.75 Å². The molecule has 2 aromatic carbocycles. The summed E-state index contributed by atoms with van der Waals surface area (Å²) < 4.78 is 5.81. The van der Waals surface area contributed by atoms with E-state index in [0.717, 1.165) is 5.56 Å². The molecular formula is C14H12Cl3NO. The van der Waals surface area contributed by atoms with Gasteiger partial charge < -0.3 is 10.5 Å². The van der Waals surface area contributed by atoms with Crippen LogP contribution in [0.2, 0.25) is 15.1 Å². The van der Waals surface area contributed by atoms with Crippen LogP contribution < -0.4 is 10.5 Å². The molecule has 5 heteroatoms. The van der Waals surface area contributed by atoms with Crippen molar-refractivity contribution in [2.24, 2.45) is 5.73 Å². The van der Waals surface area contributed by atoms with Gasteiger partial charge in [0.25, 0.3) is 0 Å². The van der Waals surface area contributed by atoms with Gasteiger partial charge in [-0.25, -0.2) is 0 Å². The Morgan fingerprint density at radius 1 is 0.947 bits per heavy atom. The van der Waals surface area contributed by atoms with E-state index in [2.05, 4.69) is 0 Å². The zero-order chi connectivity index (χ0) is 13.8. The first kappa shape index (κ1) is 14.5. The van der Waals surface area contributed by atoms with Crippen molar-refractivity contribution in [1.82, 2.24) is 0 Å². The molecule has 0 aliphatic carbocycles. The maximum Gasteiger partial charge on any atom is 0.136 e. The number of halogens is 3. The Bertz CT molecular complexity index is 554. The highest BCUT2D eigenvalue weighted by Gasteiger charge is 2.12. The minimum Gasteiger partial charge on any atom is -0.484 e. The van der Waals surface area contributed by atoms with E-state index in [4.69, 9.17) is 45.3 Å². The maximum absolute atomic E-state index is 5.96. The van der Waals surface area contributed by atoms with E-state index in [1.165, 1.54) is 0 Å². The van der Waals surface area contributed by atoms with Crippen molar-refractivity contribution >= 4 is 34.8 Å². The van der Waals surface area contributed by atoms with Crippen LogP contribution in [0.15, 0.2) is 42.5 Å². The van der Waals surface area contributed by atoms with E-state index in [0.29, 0.717) is 27.4 Å². The van der Waals surface area contributed by atoms with Crippen molar-refractivity contribution in [2.75, 3.05) is 6.54 Å². The number of hydrogen-bond acceptors (Lipinski definition) is 2. The van der Waals surface area contributed by atoms with Crippen LogP contribution in [0.3, 0.4) is 0 Å². The van der Waals surface area contributed by atoms with Crippen LogP contribution in [0, 0.1) is 0 Å². The molecule has 0 aliphatic rings. The van der Waals surface area contributed by atoms with Gasteiger partial charge in [0.2, 0.25) is 0 Å². The van der Waals surface area contributed by atoms with Gasteiger partial charge in [0.1, 0.15) is 11.9 Å². The Morgan fingerprint density at radius 2 is 1.63 bits per heavy atom. The van der Waals surface area contributed by atoms with Crippen molar-refractivity contribution < 1.29 is 4.74 Å². The third-order valence-electron chi connectivity index (χ3n) is 2.55. The monoisotopic (exact) mass is 315 g/mol. The Labute approximate surface area is 127 Å². The molecule has 0 spiro atoms. The Morgan fingerprint density at radius 3 is 2.21 bits per heavy atom. The minimum absolute atomic E-state index is 0.298. The van der Waals surface area contributed by atoms with Gasteiger partial charge in [0.15, 0.2) is 0 Å². The molecular weight excluding hydrogens is 305 g/mol. The Balaban J connectivity index is 2.23. The van der Waals surface area contributed by atoms with Crippen LogP contribution in [0.1, 0.15) is 11.7 Å². The smallest absolute Gasteiger partial charge is 0.136 e. The van der Waals surface area contributed by atoms with Crippen LogP contribution >= 0.6 is 34.8 Å². The fraction of sp³-hybridized carbons (Fsp3) is 0.143. The summed E-state index contributed by atoms with van der Waals surface area (Å²) in [6.45, 7) is 0.324. The lowest BCUT2D eigenvalue weighted by atomic mass is 10.1. The van der Waals surface area contributed by atoms with Gasteiger partial charge in [-0.1, -0.05) is 46.9 Å². The molecule has 2 N–H and O–H groups in total. The van der Waals surface area contributed by atoms with Gasteiger partial charge in [-0.05, 0) is 35.9 Å². The molecule has 0 amide bonds. The number of ether oxygens (including phenoxy) is 1.